The first-order valence-corrected chi connectivity index (χ1v) is 9.66. The van der Waals surface area contributed by atoms with Crippen LogP contribution in [0.15, 0.2) is 77.7 Å². The van der Waals surface area contributed by atoms with Gasteiger partial charge in [-0.1, -0.05) is 76.6 Å². The molecule has 1 unspecified atom stereocenters. The van der Waals surface area contributed by atoms with Gasteiger partial charge in [0.05, 0.1) is 5.52 Å². The standard InChI is InChI=1S/C22H21N3S/c1-16-7-11-18(12-8-16)15-22(26-19-13-9-17(2)10-14-19)25-21-6-4-3-5-20(21)23-24-25/h3-14,22H,15H2,1-2H3. The van der Waals surface area contributed by atoms with Gasteiger partial charge in [-0.2, -0.15) is 0 Å². The Morgan fingerprint density at radius 1 is 0.846 bits per heavy atom. The number of fused-ring (bicyclic) bond motifs is 1. The smallest absolute Gasteiger partial charge is 0.113 e. The SMILES string of the molecule is Cc1ccc(CC(Sc2ccc(C)cc2)n2nnc3ccccc32)cc1. The van der Waals surface area contributed by atoms with Crippen LogP contribution in [-0.4, -0.2) is 15.0 Å². The lowest BCUT2D eigenvalue weighted by Crippen LogP contribution is -2.10. The van der Waals surface area contributed by atoms with Crippen LogP contribution >= 0.6 is 11.8 Å². The Bertz CT molecular complexity index is 956. The van der Waals surface area contributed by atoms with Gasteiger partial charge in [0.1, 0.15) is 10.9 Å². The van der Waals surface area contributed by atoms with Gasteiger partial charge in [-0.25, -0.2) is 4.68 Å². The summed E-state index contributed by atoms with van der Waals surface area (Å²) >= 11 is 1.83. The molecular formula is C22H21N3S. The van der Waals surface area contributed by atoms with Crippen molar-refractivity contribution in [3.63, 3.8) is 0 Å². The Morgan fingerprint density at radius 2 is 1.50 bits per heavy atom. The maximum atomic E-state index is 4.47. The summed E-state index contributed by atoms with van der Waals surface area (Å²) in [6.45, 7) is 4.23. The second-order valence-electron chi connectivity index (χ2n) is 6.60. The number of para-hydroxylation sites is 1. The average molecular weight is 359 g/mol. The molecule has 0 aliphatic rings. The van der Waals surface area contributed by atoms with E-state index >= 15 is 0 Å². The average Bonchev–Trinajstić information content (AvgIpc) is 3.09. The number of aromatic nitrogens is 3. The molecule has 0 bridgehead atoms. The first-order chi connectivity index (χ1) is 12.7. The van der Waals surface area contributed by atoms with Gasteiger partial charge in [0.2, 0.25) is 0 Å². The summed E-state index contributed by atoms with van der Waals surface area (Å²) in [6.07, 6.45) is 0.895. The monoisotopic (exact) mass is 359 g/mol. The fourth-order valence-electron chi connectivity index (χ4n) is 2.98. The van der Waals surface area contributed by atoms with Crippen molar-refractivity contribution in [3.8, 4) is 0 Å². The van der Waals surface area contributed by atoms with E-state index in [4.69, 9.17) is 0 Å². The number of thioether (sulfide) groups is 1. The molecule has 4 heteroatoms. The molecule has 0 N–H and O–H groups in total. The second kappa shape index (κ2) is 7.34. The van der Waals surface area contributed by atoms with Crippen LogP contribution < -0.4 is 0 Å². The molecule has 0 amide bonds. The van der Waals surface area contributed by atoms with E-state index in [1.807, 2.05) is 30.0 Å². The highest BCUT2D eigenvalue weighted by molar-refractivity contribution is 7.99. The third-order valence-electron chi connectivity index (χ3n) is 4.47. The van der Waals surface area contributed by atoms with Crippen molar-refractivity contribution in [3.05, 3.63) is 89.5 Å². The van der Waals surface area contributed by atoms with Crippen LogP contribution in [0, 0.1) is 13.8 Å². The Kier molecular flexibility index (Phi) is 4.76. The molecule has 1 atom stereocenters. The maximum absolute atomic E-state index is 4.47. The first kappa shape index (κ1) is 16.9. The van der Waals surface area contributed by atoms with Gasteiger partial charge in [0.15, 0.2) is 0 Å². The summed E-state index contributed by atoms with van der Waals surface area (Å²) in [5, 5.41) is 8.97. The minimum Gasteiger partial charge on any atom is -0.231 e. The zero-order valence-electron chi connectivity index (χ0n) is 15.0. The molecular weight excluding hydrogens is 338 g/mol. The zero-order valence-corrected chi connectivity index (χ0v) is 15.8. The topological polar surface area (TPSA) is 30.7 Å². The number of hydrogen-bond acceptors (Lipinski definition) is 3. The quantitative estimate of drug-likeness (QED) is 0.436. The third-order valence-corrected chi connectivity index (χ3v) is 5.66. The highest BCUT2D eigenvalue weighted by Crippen LogP contribution is 2.35. The number of rotatable bonds is 5. The van der Waals surface area contributed by atoms with E-state index in [-0.39, 0.29) is 5.37 Å². The van der Waals surface area contributed by atoms with E-state index < -0.39 is 0 Å². The molecule has 0 radical (unpaired) electrons. The first-order valence-electron chi connectivity index (χ1n) is 8.78. The highest BCUT2D eigenvalue weighted by atomic mass is 32.2. The van der Waals surface area contributed by atoms with E-state index in [0.29, 0.717) is 0 Å². The minimum absolute atomic E-state index is 0.146. The lowest BCUT2D eigenvalue weighted by molar-refractivity contribution is 0.590. The van der Waals surface area contributed by atoms with Crippen molar-refractivity contribution >= 4 is 22.8 Å². The van der Waals surface area contributed by atoms with Crippen molar-refractivity contribution in [2.24, 2.45) is 0 Å². The Balaban J connectivity index is 1.70. The third kappa shape index (κ3) is 3.65. The van der Waals surface area contributed by atoms with E-state index in [2.05, 4.69) is 83.4 Å². The zero-order chi connectivity index (χ0) is 17.9. The van der Waals surface area contributed by atoms with Gasteiger partial charge in [0, 0.05) is 11.3 Å². The van der Waals surface area contributed by atoms with Crippen molar-refractivity contribution in [2.75, 3.05) is 0 Å². The van der Waals surface area contributed by atoms with E-state index in [9.17, 15) is 0 Å². The van der Waals surface area contributed by atoms with Crippen LogP contribution in [0.1, 0.15) is 22.1 Å². The summed E-state index contributed by atoms with van der Waals surface area (Å²) in [6, 6.07) is 25.6. The van der Waals surface area contributed by atoms with Crippen LogP contribution in [0.3, 0.4) is 0 Å². The molecule has 0 saturated heterocycles. The molecule has 130 valence electrons. The minimum atomic E-state index is 0.146. The normalized spacial score (nSPS) is 12.4. The Morgan fingerprint density at radius 3 is 2.23 bits per heavy atom. The van der Waals surface area contributed by atoms with Crippen molar-refractivity contribution < 1.29 is 0 Å². The molecule has 4 rings (SSSR count). The number of nitrogens with zero attached hydrogens (tertiary/aromatic N) is 3. The Hall–Kier alpha value is -2.59. The predicted molar refractivity (Wildman–Crippen MR) is 108 cm³/mol. The van der Waals surface area contributed by atoms with E-state index in [0.717, 1.165) is 17.5 Å². The summed E-state index contributed by atoms with van der Waals surface area (Å²) in [7, 11) is 0. The lowest BCUT2D eigenvalue weighted by atomic mass is 10.1. The van der Waals surface area contributed by atoms with Crippen LogP contribution in [-0.2, 0) is 6.42 Å². The largest absolute Gasteiger partial charge is 0.231 e. The summed E-state index contributed by atoms with van der Waals surface area (Å²) in [5.41, 5.74) is 5.87. The van der Waals surface area contributed by atoms with Gasteiger partial charge >= 0.3 is 0 Å². The van der Waals surface area contributed by atoms with Gasteiger partial charge in [0.25, 0.3) is 0 Å². The van der Waals surface area contributed by atoms with E-state index in [1.54, 1.807) is 0 Å². The van der Waals surface area contributed by atoms with Crippen molar-refractivity contribution in [1.82, 2.24) is 15.0 Å². The number of benzene rings is 3. The van der Waals surface area contributed by atoms with Crippen molar-refractivity contribution in [1.29, 1.82) is 0 Å². The molecule has 26 heavy (non-hydrogen) atoms. The van der Waals surface area contributed by atoms with Crippen LogP contribution in [0.4, 0.5) is 0 Å². The molecule has 4 aromatic rings. The molecule has 0 spiro atoms. The molecule has 1 aromatic heterocycles. The number of aryl methyl sites for hydroxylation is 2. The molecule has 1 heterocycles. The molecule has 3 nitrogen and oxygen atoms in total. The molecule has 0 saturated carbocycles. The molecule has 0 fully saturated rings. The molecule has 3 aromatic carbocycles. The van der Waals surface area contributed by atoms with Gasteiger partial charge in [-0.15, -0.1) is 5.10 Å². The summed E-state index contributed by atoms with van der Waals surface area (Å²) < 4.78 is 2.06. The van der Waals surface area contributed by atoms with Gasteiger partial charge in [-0.05, 0) is 43.7 Å². The Labute approximate surface area is 158 Å². The second-order valence-corrected chi connectivity index (χ2v) is 7.85. The lowest BCUT2D eigenvalue weighted by Gasteiger charge is -2.18. The maximum Gasteiger partial charge on any atom is 0.113 e. The van der Waals surface area contributed by atoms with E-state index in [1.165, 1.54) is 21.6 Å². The predicted octanol–water partition coefficient (Wildman–Crippen LogP) is 5.58. The van der Waals surface area contributed by atoms with Crippen LogP contribution in [0.2, 0.25) is 0 Å². The summed E-state index contributed by atoms with van der Waals surface area (Å²) in [4.78, 5) is 1.24. The highest BCUT2D eigenvalue weighted by Gasteiger charge is 2.18. The van der Waals surface area contributed by atoms with Gasteiger partial charge < -0.3 is 0 Å². The fraction of sp³-hybridized carbons (Fsp3) is 0.182. The molecule has 0 aliphatic carbocycles. The van der Waals surface area contributed by atoms with Crippen LogP contribution in [0.25, 0.3) is 11.0 Å². The fourth-order valence-corrected chi connectivity index (χ4v) is 4.12. The van der Waals surface area contributed by atoms with Gasteiger partial charge in [-0.3, -0.25) is 0 Å². The van der Waals surface area contributed by atoms with Crippen LogP contribution in [0.5, 0.6) is 0 Å². The van der Waals surface area contributed by atoms with Crippen molar-refractivity contribution in [2.45, 2.75) is 30.5 Å². The number of hydrogen-bond donors (Lipinski definition) is 0. The summed E-state index contributed by atoms with van der Waals surface area (Å²) in [5.74, 6) is 0. The molecule has 0 aliphatic heterocycles.